The van der Waals surface area contributed by atoms with Crippen molar-refractivity contribution in [3.05, 3.63) is 10.6 Å². The minimum Gasteiger partial charge on any atom is -0.465 e. The number of aryl methyl sites for hydroxylation is 1. The SMILES string of the molecule is CCC[C@H](N)C(=O)Nc1nc(C)c(C(=O)OC)s1. The first-order chi connectivity index (χ1) is 8.49. The number of carbonyl (C=O) groups excluding carboxylic acids is 2. The first kappa shape index (κ1) is 14.6. The quantitative estimate of drug-likeness (QED) is 0.787. The maximum Gasteiger partial charge on any atom is 0.350 e. The molecule has 1 heterocycles. The summed E-state index contributed by atoms with van der Waals surface area (Å²) in [5.41, 5.74) is 6.21. The summed E-state index contributed by atoms with van der Waals surface area (Å²) in [4.78, 5) is 27.5. The van der Waals surface area contributed by atoms with Crippen LogP contribution >= 0.6 is 11.3 Å². The number of thiazole rings is 1. The minimum absolute atomic E-state index is 0.290. The van der Waals surface area contributed by atoms with Crippen LogP contribution in [0.4, 0.5) is 5.13 Å². The molecule has 0 spiro atoms. The third-order valence-corrected chi connectivity index (χ3v) is 3.39. The zero-order chi connectivity index (χ0) is 13.7. The van der Waals surface area contributed by atoms with E-state index in [2.05, 4.69) is 15.0 Å². The van der Waals surface area contributed by atoms with Gasteiger partial charge in [0, 0.05) is 0 Å². The number of nitrogens with two attached hydrogens (primary N) is 1. The number of ether oxygens (including phenoxy) is 1. The van der Waals surface area contributed by atoms with Gasteiger partial charge in [-0.15, -0.1) is 0 Å². The molecule has 1 aromatic heterocycles. The maximum absolute atomic E-state index is 11.7. The van der Waals surface area contributed by atoms with Gasteiger partial charge in [-0.05, 0) is 13.3 Å². The Morgan fingerprint density at radius 2 is 2.22 bits per heavy atom. The smallest absolute Gasteiger partial charge is 0.350 e. The Hall–Kier alpha value is -1.47. The summed E-state index contributed by atoms with van der Waals surface area (Å²) < 4.78 is 4.62. The molecule has 0 radical (unpaired) electrons. The monoisotopic (exact) mass is 271 g/mol. The van der Waals surface area contributed by atoms with Gasteiger partial charge < -0.3 is 15.8 Å². The number of rotatable bonds is 5. The van der Waals surface area contributed by atoms with Crippen molar-refractivity contribution >= 4 is 28.3 Å². The van der Waals surface area contributed by atoms with Crippen molar-refractivity contribution in [1.29, 1.82) is 0 Å². The van der Waals surface area contributed by atoms with E-state index in [1.807, 2.05) is 6.92 Å². The second kappa shape index (κ2) is 6.46. The van der Waals surface area contributed by atoms with E-state index in [1.165, 1.54) is 7.11 Å². The van der Waals surface area contributed by atoms with Crippen molar-refractivity contribution in [2.75, 3.05) is 12.4 Å². The molecule has 1 rings (SSSR count). The Morgan fingerprint density at radius 1 is 1.56 bits per heavy atom. The van der Waals surface area contributed by atoms with Crippen molar-refractivity contribution in [2.24, 2.45) is 5.73 Å². The van der Waals surface area contributed by atoms with E-state index in [1.54, 1.807) is 6.92 Å². The molecule has 0 unspecified atom stereocenters. The van der Waals surface area contributed by atoms with Crippen LogP contribution in [0.5, 0.6) is 0 Å². The van der Waals surface area contributed by atoms with Crippen LogP contribution in [0.1, 0.15) is 35.1 Å². The van der Waals surface area contributed by atoms with Crippen LogP contribution in [-0.2, 0) is 9.53 Å². The molecule has 0 bridgehead atoms. The van der Waals surface area contributed by atoms with E-state index in [4.69, 9.17) is 5.73 Å². The number of nitrogens with one attached hydrogen (secondary N) is 1. The van der Waals surface area contributed by atoms with Gasteiger partial charge in [-0.3, -0.25) is 4.79 Å². The van der Waals surface area contributed by atoms with Gasteiger partial charge >= 0.3 is 5.97 Å². The second-order valence-corrected chi connectivity index (χ2v) is 4.81. The summed E-state index contributed by atoms with van der Waals surface area (Å²) in [5.74, 6) is -0.745. The Kier molecular flexibility index (Phi) is 5.24. The van der Waals surface area contributed by atoms with E-state index in [0.29, 0.717) is 22.1 Å². The number of hydrogen-bond acceptors (Lipinski definition) is 6. The van der Waals surface area contributed by atoms with Gasteiger partial charge in [0.25, 0.3) is 0 Å². The van der Waals surface area contributed by atoms with Gasteiger partial charge in [0.2, 0.25) is 5.91 Å². The average Bonchev–Trinajstić information content (AvgIpc) is 2.69. The molecule has 18 heavy (non-hydrogen) atoms. The van der Waals surface area contributed by atoms with Crippen LogP contribution in [0, 0.1) is 6.92 Å². The molecule has 0 saturated carbocycles. The summed E-state index contributed by atoms with van der Waals surface area (Å²) in [5, 5.41) is 2.97. The van der Waals surface area contributed by atoms with Crippen LogP contribution in [0.3, 0.4) is 0 Å². The summed E-state index contributed by atoms with van der Waals surface area (Å²) in [6.07, 6.45) is 1.44. The third kappa shape index (κ3) is 3.51. The second-order valence-electron chi connectivity index (χ2n) is 3.81. The highest BCUT2D eigenvalue weighted by Gasteiger charge is 2.19. The predicted octanol–water partition coefficient (Wildman–Crippen LogP) is 1.30. The molecule has 0 aliphatic rings. The Morgan fingerprint density at radius 3 is 2.78 bits per heavy atom. The van der Waals surface area contributed by atoms with Crippen molar-refractivity contribution in [2.45, 2.75) is 32.7 Å². The van der Waals surface area contributed by atoms with Crippen molar-refractivity contribution in [3.63, 3.8) is 0 Å². The lowest BCUT2D eigenvalue weighted by Gasteiger charge is -2.08. The lowest BCUT2D eigenvalue weighted by Crippen LogP contribution is -2.35. The fraction of sp³-hybridized carbons (Fsp3) is 0.545. The standard InChI is InChI=1S/C11H17N3O3S/c1-4-5-7(12)9(15)14-11-13-6(2)8(18-11)10(16)17-3/h7H,4-5,12H2,1-3H3,(H,13,14,15)/t7-/m0/s1. The number of methoxy groups -OCH3 is 1. The summed E-state index contributed by atoms with van der Waals surface area (Å²) in [6, 6.07) is -0.555. The lowest BCUT2D eigenvalue weighted by atomic mass is 10.2. The molecule has 0 aliphatic heterocycles. The van der Waals surface area contributed by atoms with Crippen LogP contribution < -0.4 is 11.1 Å². The Balaban J connectivity index is 2.74. The molecule has 7 heteroatoms. The molecule has 0 fully saturated rings. The Labute approximate surface area is 110 Å². The van der Waals surface area contributed by atoms with Crippen LogP contribution in [0.15, 0.2) is 0 Å². The van der Waals surface area contributed by atoms with E-state index in [0.717, 1.165) is 17.8 Å². The largest absolute Gasteiger partial charge is 0.465 e. The first-order valence-electron chi connectivity index (χ1n) is 5.61. The van der Waals surface area contributed by atoms with Gasteiger partial charge in [0.15, 0.2) is 5.13 Å². The number of aromatic nitrogens is 1. The Bertz CT molecular complexity index is 445. The molecule has 1 amide bonds. The molecule has 0 saturated heterocycles. The predicted molar refractivity (Wildman–Crippen MR) is 69.7 cm³/mol. The van der Waals surface area contributed by atoms with Crippen LogP contribution in [0.25, 0.3) is 0 Å². The molecule has 1 aromatic rings. The average molecular weight is 271 g/mol. The molecule has 0 aromatic carbocycles. The summed E-state index contributed by atoms with van der Waals surface area (Å²) >= 11 is 1.08. The molecular formula is C11H17N3O3S. The number of nitrogens with zero attached hydrogens (tertiary/aromatic N) is 1. The van der Waals surface area contributed by atoms with E-state index in [9.17, 15) is 9.59 Å². The zero-order valence-corrected chi connectivity index (χ0v) is 11.5. The fourth-order valence-corrected chi connectivity index (χ4v) is 2.26. The number of anilines is 1. The normalized spacial score (nSPS) is 12.0. The summed E-state index contributed by atoms with van der Waals surface area (Å²) in [6.45, 7) is 3.64. The van der Waals surface area contributed by atoms with Gasteiger partial charge in [-0.1, -0.05) is 24.7 Å². The summed E-state index contributed by atoms with van der Waals surface area (Å²) in [7, 11) is 1.30. The van der Waals surface area contributed by atoms with Crippen LogP contribution in [-0.4, -0.2) is 30.0 Å². The topological polar surface area (TPSA) is 94.3 Å². The van der Waals surface area contributed by atoms with Gasteiger partial charge in [-0.25, -0.2) is 9.78 Å². The van der Waals surface area contributed by atoms with E-state index >= 15 is 0 Å². The van der Waals surface area contributed by atoms with E-state index < -0.39 is 12.0 Å². The van der Waals surface area contributed by atoms with Crippen LogP contribution in [0.2, 0.25) is 0 Å². The highest BCUT2D eigenvalue weighted by molar-refractivity contribution is 7.17. The molecule has 6 nitrogen and oxygen atoms in total. The van der Waals surface area contributed by atoms with Gasteiger partial charge in [0.1, 0.15) is 4.88 Å². The van der Waals surface area contributed by atoms with Gasteiger partial charge in [0.05, 0.1) is 18.8 Å². The maximum atomic E-state index is 11.7. The van der Waals surface area contributed by atoms with Crippen molar-refractivity contribution in [3.8, 4) is 0 Å². The minimum atomic E-state index is -0.555. The number of amides is 1. The highest BCUT2D eigenvalue weighted by atomic mass is 32.1. The molecule has 100 valence electrons. The zero-order valence-electron chi connectivity index (χ0n) is 10.6. The molecule has 0 aliphatic carbocycles. The lowest BCUT2D eigenvalue weighted by molar-refractivity contribution is -0.117. The molecule has 1 atom stereocenters. The number of esters is 1. The number of hydrogen-bond donors (Lipinski definition) is 2. The van der Waals surface area contributed by atoms with E-state index in [-0.39, 0.29) is 5.91 Å². The highest BCUT2D eigenvalue weighted by Crippen LogP contribution is 2.23. The van der Waals surface area contributed by atoms with Crippen molar-refractivity contribution in [1.82, 2.24) is 4.98 Å². The number of carbonyl (C=O) groups is 2. The fourth-order valence-electron chi connectivity index (χ4n) is 1.37. The molecule has 3 N–H and O–H groups in total. The first-order valence-corrected chi connectivity index (χ1v) is 6.43. The molecular weight excluding hydrogens is 254 g/mol. The third-order valence-electron chi connectivity index (χ3n) is 2.33. The van der Waals surface area contributed by atoms with Gasteiger partial charge in [-0.2, -0.15) is 0 Å². The van der Waals surface area contributed by atoms with Crippen molar-refractivity contribution < 1.29 is 14.3 Å².